The van der Waals surface area contributed by atoms with Crippen molar-refractivity contribution in [2.45, 2.75) is 52.2 Å². The lowest BCUT2D eigenvalue weighted by molar-refractivity contribution is 0.0861. The van der Waals surface area contributed by atoms with Gasteiger partial charge >= 0.3 is 0 Å². The molecule has 0 aliphatic carbocycles. The van der Waals surface area contributed by atoms with Gasteiger partial charge in [0.05, 0.1) is 5.60 Å². The van der Waals surface area contributed by atoms with E-state index in [1.807, 2.05) is 13.8 Å². The van der Waals surface area contributed by atoms with Gasteiger partial charge in [0.2, 0.25) is 0 Å². The molecule has 2 N–H and O–H groups in total. The molecule has 0 aromatic heterocycles. The van der Waals surface area contributed by atoms with Crippen molar-refractivity contribution in [2.24, 2.45) is 0 Å². The molecule has 1 atom stereocenters. The number of aryl methyl sites for hydroxylation is 2. The highest BCUT2D eigenvalue weighted by molar-refractivity contribution is 5.31. The number of rotatable bonds is 3. The van der Waals surface area contributed by atoms with Crippen molar-refractivity contribution in [2.75, 3.05) is 0 Å². The predicted molar refractivity (Wildman–Crippen MR) is 74.3 cm³/mol. The lowest BCUT2D eigenvalue weighted by Crippen LogP contribution is -2.17. The average Bonchev–Trinajstić information content (AvgIpc) is 2.21. The molecule has 98 valence electrons. The van der Waals surface area contributed by atoms with E-state index >= 15 is 0 Å². The summed E-state index contributed by atoms with van der Waals surface area (Å²) in [4.78, 5) is 0. The molecule has 0 saturated heterocycles. The molecule has 0 radical (unpaired) electrons. The Labute approximate surface area is 110 Å². The van der Waals surface area contributed by atoms with E-state index in [9.17, 15) is 10.2 Å². The number of hydrogen-bond acceptors (Lipinski definition) is 2. The minimum atomic E-state index is -0.800. The van der Waals surface area contributed by atoms with Gasteiger partial charge in [-0.05, 0) is 38.8 Å². The fourth-order valence-corrected chi connectivity index (χ4v) is 1.66. The van der Waals surface area contributed by atoms with Crippen LogP contribution in [0.2, 0.25) is 0 Å². The summed E-state index contributed by atoms with van der Waals surface area (Å²) in [6.07, 6.45) is 0.233. The van der Waals surface area contributed by atoms with Gasteiger partial charge in [0.1, 0.15) is 6.10 Å². The van der Waals surface area contributed by atoms with Crippen LogP contribution in [-0.2, 0) is 6.42 Å². The second-order valence-electron chi connectivity index (χ2n) is 5.46. The predicted octanol–water partition coefficient (Wildman–Crippen LogP) is 2.37. The Morgan fingerprint density at radius 2 is 1.94 bits per heavy atom. The molecule has 1 aromatic carbocycles. The van der Waals surface area contributed by atoms with Gasteiger partial charge in [-0.25, -0.2) is 0 Å². The largest absolute Gasteiger partial charge is 0.389 e. The van der Waals surface area contributed by atoms with Crippen molar-refractivity contribution in [3.8, 4) is 11.8 Å². The first kappa shape index (κ1) is 14.8. The summed E-state index contributed by atoms with van der Waals surface area (Å²) in [5, 5.41) is 19.4. The molecule has 0 heterocycles. The smallest absolute Gasteiger partial charge is 0.118 e. The van der Waals surface area contributed by atoms with Crippen LogP contribution in [0.3, 0.4) is 0 Å². The van der Waals surface area contributed by atoms with Gasteiger partial charge < -0.3 is 10.2 Å². The van der Waals surface area contributed by atoms with Crippen molar-refractivity contribution in [1.29, 1.82) is 0 Å². The van der Waals surface area contributed by atoms with E-state index in [1.165, 1.54) is 11.1 Å². The van der Waals surface area contributed by atoms with Crippen LogP contribution < -0.4 is 0 Å². The van der Waals surface area contributed by atoms with Crippen molar-refractivity contribution in [1.82, 2.24) is 0 Å². The highest BCUT2D eigenvalue weighted by atomic mass is 16.3. The molecule has 0 aliphatic rings. The summed E-state index contributed by atoms with van der Waals surface area (Å²) in [5.74, 6) is 5.61. The highest BCUT2D eigenvalue weighted by Crippen LogP contribution is 2.13. The zero-order chi connectivity index (χ0) is 13.8. The number of aliphatic hydroxyl groups is 2. The average molecular weight is 246 g/mol. The van der Waals surface area contributed by atoms with Gasteiger partial charge in [-0.3, -0.25) is 0 Å². The van der Waals surface area contributed by atoms with E-state index in [0.717, 1.165) is 5.56 Å². The second kappa shape index (κ2) is 6.04. The normalized spacial score (nSPS) is 12.8. The maximum absolute atomic E-state index is 9.86. The first-order chi connectivity index (χ1) is 8.28. The van der Waals surface area contributed by atoms with Crippen molar-refractivity contribution in [3.63, 3.8) is 0 Å². The summed E-state index contributed by atoms with van der Waals surface area (Å²) >= 11 is 0. The molecule has 0 spiro atoms. The molecule has 0 bridgehead atoms. The summed E-state index contributed by atoms with van der Waals surface area (Å²) in [6, 6.07) is 6.20. The van der Waals surface area contributed by atoms with Crippen molar-refractivity contribution >= 4 is 0 Å². The zero-order valence-electron chi connectivity index (χ0n) is 11.6. The Hall–Kier alpha value is -1.30. The van der Waals surface area contributed by atoms with Gasteiger partial charge in [-0.2, -0.15) is 0 Å². The SMILES string of the molecule is Cc1ccc(C)c(CC(O)C#CCC(C)(C)O)c1. The number of benzene rings is 1. The number of hydrogen-bond donors (Lipinski definition) is 2. The fourth-order valence-electron chi connectivity index (χ4n) is 1.66. The summed E-state index contributed by atoms with van der Waals surface area (Å²) < 4.78 is 0. The Bertz CT molecular complexity index is 458. The van der Waals surface area contributed by atoms with Crippen LogP contribution >= 0.6 is 0 Å². The summed E-state index contributed by atoms with van der Waals surface area (Å²) in [6.45, 7) is 7.48. The molecular formula is C16H22O2. The van der Waals surface area contributed by atoms with Crippen LogP contribution in [0.15, 0.2) is 18.2 Å². The van der Waals surface area contributed by atoms with Gasteiger partial charge in [0, 0.05) is 12.8 Å². The Balaban J connectivity index is 2.64. The molecule has 1 unspecified atom stereocenters. The molecule has 0 saturated carbocycles. The molecule has 1 aromatic rings. The van der Waals surface area contributed by atoms with Gasteiger partial charge in [0.15, 0.2) is 0 Å². The van der Waals surface area contributed by atoms with Crippen LogP contribution in [0.4, 0.5) is 0 Å². The lowest BCUT2D eigenvalue weighted by Gasteiger charge is -2.12. The Morgan fingerprint density at radius 1 is 1.28 bits per heavy atom. The molecule has 2 heteroatoms. The highest BCUT2D eigenvalue weighted by Gasteiger charge is 2.10. The van der Waals surface area contributed by atoms with E-state index < -0.39 is 11.7 Å². The first-order valence-electron chi connectivity index (χ1n) is 6.23. The molecule has 2 nitrogen and oxygen atoms in total. The molecule has 0 fully saturated rings. The zero-order valence-corrected chi connectivity index (χ0v) is 11.6. The third-order valence-electron chi connectivity index (χ3n) is 2.71. The quantitative estimate of drug-likeness (QED) is 0.804. The van der Waals surface area contributed by atoms with E-state index in [-0.39, 0.29) is 0 Å². The van der Waals surface area contributed by atoms with Crippen LogP contribution in [0.1, 0.15) is 37.0 Å². The topological polar surface area (TPSA) is 40.5 Å². The third kappa shape index (κ3) is 5.35. The maximum atomic E-state index is 9.86. The van der Waals surface area contributed by atoms with Gasteiger partial charge in [0.25, 0.3) is 0 Å². The fraction of sp³-hybridized carbons (Fsp3) is 0.500. The molecular weight excluding hydrogens is 224 g/mol. The maximum Gasteiger partial charge on any atom is 0.118 e. The van der Waals surface area contributed by atoms with E-state index in [2.05, 4.69) is 30.0 Å². The molecule has 1 rings (SSSR count). The Morgan fingerprint density at radius 3 is 2.56 bits per heavy atom. The molecule has 0 aliphatic heterocycles. The lowest BCUT2D eigenvalue weighted by atomic mass is 10.00. The van der Waals surface area contributed by atoms with Crippen LogP contribution in [-0.4, -0.2) is 21.9 Å². The Kier molecular flexibility index (Phi) is 4.95. The van der Waals surface area contributed by atoms with Crippen molar-refractivity contribution in [3.05, 3.63) is 34.9 Å². The molecule has 0 amide bonds. The van der Waals surface area contributed by atoms with E-state index in [4.69, 9.17) is 0 Å². The minimum Gasteiger partial charge on any atom is -0.389 e. The minimum absolute atomic E-state index is 0.372. The second-order valence-corrected chi connectivity index (χ2v) is 5.46. The summed E-state index contributed by atoms with van der Waals surface area (Å²) in [5.41, 5.74) is 2.68. The summed E-state index contributed by atoms with van der Waals surface area (Å²) in [7, 11) is 0. The molecule has 18 heavy (non-hydrogen) atoms. The standard InChI is InChI=1S/C16H22O2/c1-12-7-8-13(2)14(10-12)11-15(17)6-5-9-16(3,4)18/h7-8,10,15,17-18H,9,11H2,1-4H3. The first-order valence-corrected chi connectivity index (χ1v) is 6.23. The number of aliphatic hydroxyl groups excluding tert-OH is 1. The monoisotopic (exact) mass is 246 g/mol. The van der Waals surface area contributed by atoms with Gasteiger partial charge in [-0.15, -0.1) is 0 Å². The van der Waals surface area contributed by atoms with E-state index in [0.29, 0.717) is 12.8 Å². The van der Waals surface area contributed by atoms with Crippen LogP contribution in [0.5, 0.6) is 0 Å². The third-order valence-corrected chi connectivity index (χ3v) is 2.71. The van der Waals surface area contributed by atoms with Crippen LogP contribution in [0.25, 0.3) is 0 Å². The van der Waals surface area contributed by atoms with Crippen LogP contribution in [0, 0.1) is 25.7 Å². The van der Waals surface area contributed by atoms with Crippen molar-refractivity contribution < 1.29 is 10.2 Å². The van der Waals surface area contributed by atoms with E-state index in [1.54, 1.807) is 13.8 Å². The van der Waals surface area contributed by atoms with Gasteiger partial charge in [-0.1, -0.05) is 35.6 Å².